The van der Waals surface area contributed by atoms with E-state index in [0.29, 0.717) is 60.9 Å². The van der Waals surface area contributed by atoms with E-state index in [4.69, 9.17) is 17.4 Å². The van der Waals surface area contributed by atoms with Crippen LogP contribution in [0.15, 0.2) is 102 Å². The number of fused-ring (bicyclic) bond motifs is 12. The van der Waals surface area contributed by atoms with Crippen molar-refractivity contribution >= 4 is 82.4 Å². The quantitative estimate of drug-likeness (QED) is 0.0253. The van der Waals surface area contributed by atoms with Crippen molar-refractivity contribution in [2.75, 3.05) is 52.1 Å². The first-order chi connectivity index (χ1) is 41.5. The van der Waals surface area contributed by atoms with E-state index in [0.717, 1.165) is 79.2 Å². The fraction of sp³-hybridized carbons (Fsp3) is 0.486. The smallest absolute Gasteiger partial charge is 0.468 e. The van der Waals surface area contributed by atoms with Gasteiger partial charge in [0, 0.05) is 117 Å². The third kappa shape index (κ3) is 14.9. The Morgan fingerprint density at radius 3 is 1.47 bits per heavy atom. The molecule has 8 aliphatic rings. The summed E-state index contributed by atoms with van der Waals surface area (Å²) in [5, 5.41) is 0. The summed E-state index contributed by atoms with van der Waals surface area (Å²) in [7, 11) is -3.11. The van der Waals surface area contributed by atoms with Crippen LogP contribution in [0.25, 0.3) is 0 Å². The van der Waals surface area contributed by atoms with E-state index < -0.39 is 10.6 Å². The average molecular weight is 1210 g/mol. The molecule has 13 nitrogen and oxygen atoms in total. The fourth-order valence-corrected chi connectivity index (χ4v) is 16.2. The standard InChI is InChI=1S/C20H29NO.C19H19NOS.C17H21NO3.C14H16NO.Na.O3S/c1-3-5-7-15(4-2)13-21-19-9-6-8-17(19)18-12-16(14-22)10-11-20(18)21;1-22-15-5-2-4-14(11-15)20-18-7-3-6-16(18)17-10-13(12-21)8-9-19(17)20;19-11-13-6-7-17-15(10-13)14-4-3-5-16(14)18(17)8-1-2-9-21-12-20;1-2-15-13-5-3-4-11(13)12-8-10(9-16)6-7-14(12)15;;1-4(2)3/h10-12,14-15,17,19H,3-9,13H2,1-2H3;2,4-5,8-12,16,18H,3,6-7H2,1H3;6-7,10-12,14,16H,1-5,8-9H2;6-9,11,13H,1-5H2;;/q;;;-1;+1;. The third-order valence-corrected chi connectivity index (χ3v) is 20.3. The molecule has 0 saturated heterocycles. The van der Waals surface area contributed by atoms with Gasteiger partial charge in [0.2, 0.25) is 0 Å². The van der Waals surface area contributed by atoms with Crippen LogP contribution < -0.4 is 49.2 Å². The van der Waals surface area contributed by atoms with Crippen molar-refractivity contribution in [2.24, 2.45) is 5.92 Å². The second-order valence-corrected chi connectivity index (χ2v) is 25.4. The number of unbranched alkanes of at least 4 members (excludes halogenated alkanes) is 2. The molecule has 13 rings (SSSR count). The van der Waals surface area contributed by atoms with Gasteiger partial charge in [0.1, 0.15) is 25.1 Å². The molecule has 4 fully saturated rings. The van der Waals surface area contributed by atoms with Gasteiger partial charge in [-0.25, -0.2) is 0 Å². The molecule has 0 bridgehead atoms. The molecular weight excluding hydrogens is 1130 g/mol. The number of rotatable bonds is 19. The molecular formula is C70H85N4NaO9S2. The van der Waals surface area contributed by atoms with Crippen LogP contribution in [0, 0.1) is 12.8 Å². The number of anilines is 5. The molecule has 86 heavy (non-hydrogen) atoms. The Morgan fingerprint density at radius 1 is 0.558 bits per heavy atom. The number of hydrogen-bond donors (Lipinski definition) is 0. The first-order valence-electron chi connectivity index (χ1n) is 31.2. The van der Waals surface area contributed by atoms with E-state index >= 15 is 0 Å². The Hall–Kier alpha value is -5.58. The van der Waals surface area contributed by atoms with Crippen molar-refractivity contribution in [2.45, 2.75) is 182 Å². The number of carbonyl (C=O) groups is 5. The molecule has 4 aliphatic carbocycles. The first kappa shape index (κ1) is 66.4. The van der Waals surface area contributed by atoms with Crippen LogP contribution >= 0.6 is 11.8 Å². The second kappa shape index (κ2) is 32.1. The summed E-state index contributed by atoms with van der Waals surface area (Å²) < 4.78 is 30.1. The number of carbonyl (C=O) groups excluding carboxylic acids is 5. The number of nitrogens with zero attached hydrogens (tertiary/aromatic N) is 4. The minimum Gasteiger partial charge on any atom is -0.468 e. The Labute approximate surface area is 538 Å². The average Bonchev–Trinajstić information content (AvgIpc) is 1.76. The van der Waals surface area contributed by atoms with Gasteiger partial charge in [-0.2, -0.15) is 0 Å². The summed E-state index contributed by atoms with van der Waals surface area (Å²) >= 11 is 1.78. The monoisotopic (exact) mass is 1210 g/mol. The molecule has 0 aromatic heterocycles. The zero-order valence-corrected chi connectivity index (χ0v) is 54.5. The molecule has 0 N–H and O–H groups in total. The molecule has 5 aromatic carbocycles. The summed E-state index contributed by atoms with van der Waals surface area (Å²) in [6.07, 6.45) is 28.4. The molecule has 4 saturated carbocycles. The van der Waals surface area contributed by atoms with Gasteiger partial charge in [-0.15, -0.1) is 30.9 Å². The van der Waals surface area contributed by atoms with E-state index in [1.807, 2.05) is 24.3 Å². The van der Waals surface area contributed by atoms with Gasteiger partial charge in [0.15, 0.2) is 0 Å². The summed E-state index contributed by atoms with van der Waals surface area (Å²) in [4.78, 5) is 65.6. The summed E-state index contributed by atoms with van der Waals surface area (Å²) in [6.45, 7) is 12.7. The second-order valence-electron chi connectivity index (χ2n) is 24.1. The molecule has 4 aliphatic heterocycles. The molecule has 16 heteroatoms. The zero-order chi connectivity index (χ0) is 60.0. The van der Waals surface area contributed by atoms with Crippen molar-refractivity contribution < 1.29 is 70.9 Å². The van der Waals surface area contributed by atoms with Gasteiger partial charge >= 0.3 is 40.2 Å². The number of ether oxygens (including phenoxy) is 1. The Balaban J connectivity index is 0.000000146. The fourth-order valence-electron chi connectivity index (χ4n) is 15.7. The maximum Gasteiger partial charge on any atom is 1.00 e. The Kier molecular flexibility index (Phi) is 24.7. The van der Waals surface area contributed by atoms with Crippen molar-refractivity contribution in [3.8, 4) is 0 Å². The SMILES string of the molecule is CCCCC(CC)CN1c2ccc(C=O)cc2C2CCCC21.CSc1cccc(N2c3ccc(C=O)cc3C3CCCC32)c1.O=COCCCCN1c2ccc(C=O)cc2C2CCCC21.O=S(=O)=O.[CH2-]CN1c2ccc(C=O)cc2C2CCCC21.[Na+]. The van der Waals surface area contributed by atoms with Crippen molar-refractivity contribution in [1.82, 2.24) is 0 Å². The van der Waals surface area contributed by atoms with E-state index in [2.05, 4.69) is 119 Å². The van der Waals surface area contributed by atoms with Crippen LogP contribution in [-0.2, 0) is 20.1 Å². The van der Waals surface area contributed by atoms with Gasteiger partial charge < -0.3 is 31.3 Å². The molecule has 0 amide bonds. The minimum absolute atomic E-state index is 0. The van der Waals surface area contributed by atoms with Crippen LogP contribution in [0.2, 0.25) is 0 Å². The molecule has 4 heterocycles. The number of hydrogen-bond acceptors (Lipinski definition) is 14. The Morgan fingerprint density at radius 2 is 1.00 bits per heavy atom. The zero-order valence-electron chi connectivity index (χ0n) is 50.9. The topological polar surface area (TPSA) is 159 Å². The third-order valence-electron chi connectivity index (χ3n) is 19.5. The predicted octanol–water partition coefficient (Wildman–Crippen LogP) is 11.9. The molecule has 452 valence electrons. The molecule has 0 radical (unpaired) electrons. The maximum absolute atomic E-state index is 11.1. The van der Waals surface area contributed by atoms with Crippen molar-refractivity contribution in [3.05, 3.63) is 148 Å². The van der Waals surface area contributed by atoms with Gasteiger partial charge in [0.05, 0.1) is 6.61 Å². The molecule has 5 aromatic rings. The largest absolute Gasteiger partial charge is 1.00 e. The summed E-state index contributed by atoms with van der Waals surface area (Å²) in [5.74, 6) is 3.27. The number of thioether (sulfide) groups is 1. The summed E-state index contributed by atoms with van der Waals surface area (Å²) in [5.41, 5.74) is 15.3. The van der Waals surface area contributed by atoms with Crippen LogP contribution in [-0.4, -0.2) is 101 Å². The normalized spacial score (nSPS) is 22.7. The van der Waals surface area contributed by atoms with Crippen LogP contribution in [0.4, 0.5) is 28.4 Å². The molecule has 9 atom stereocenters. The molecule has 0 spiro atoms. The van der Waals surface area contributed by atoms with Crippen molar-refractivity contribution in [1.29, 1.82) is 0 Å². The summed E-state index contributed by atoms with van der Waals surface area (Å²) in [6, 6.07) is 35.9. The maximum atomic E-state index is 11.1. The predicted molar refractivity (Wildman–Crippen MR) is 341 cm³/mol. The number of aldehydes is 4. The van der Waals surface area contributed by atoms with Crippen molar-refractivity contribution in [3.63, 3.8) is 0 Å². The van der Waals surface area contributed by atoms with E-state index in [9.17, 15) is 24.0 Å². The Bertz CT molecular complexity index is 3250. The van der Waals surface area contributed by atoms with Crippen LogP contribution in [0.1, 0.15) is 217 Å². The number of benzene rings is 5. The minimum atomic E-state index is -3.11. The van der Waals surface area contributed by atoms with Gasteiger partial charge in [0.25, 0.3) is 6.47 Å². The van der Waals surface area contributed by atoms with Gasteiger partial charge in [-0.3, -0.25) is 24.0 Å². The molecule has 9 unspecified atom stereocenters. The van der Waals surface area contributed by atoms with Gasteiger partial charge in [-0.1, -0.05) is 64.9 Å². The van der Waals surface area contributed by atoms with Gasteiger partial charge in [-0.05, 0) is 196 Å². The van der Waals surface area contributed by atoms with E-state index in [1.54, 1.807) is 11.8 Å². The van der Waals surface area contributed by atoms with E-state index in [-0.39, 0.29) is 29.6 Å². The first-order valence-corrected chi connectivity index (χ1v) is 33.5. The van der Waals surface area contributed by atoms with E-state index in [1.165, 1.54) is 165 Å². The van der Waals surface area contributed by atoms with Crippen LogP contribution in [0.5, 0.6) is 0 Å². The van der Waals surface area contributed by atoms with Crippen LogP contribution in [0.3, 0.4) is 0 Å².